The molecule has 1 aliphatic rings. The Bertz CT molecular complexity index is 544. The van der Waals surface area contributed by atoms with E-state index in [1.165, 1.54) is 219 Å². The van der Waals surface area contributed by atoms with E-state index in [1.807, 2.05) is 0 Å². The fourth-order valence-electron chi connectivity index (χ4n) is 6.89. The van der Waals surface area contributed by atoms with Gasteiger partial charge >= 0.3 is 0 Å². The molecule has 0 amide bonds. The van der Waals surface area contributed by atoms with Gasteiger partial charge in [-0.25, -0.2) is 0 Å². The summed E-state index contributed by atoms with van der Waals surface area (Å²) >= 11 is 0. The lowest BCUT2D eigenvalue weighted by atomic mass is 10.0. The quantitative estimate of drug-likeness (QED) is 0.0690. The second-order valence-corrected chi connectivity index (χ2v) is 13.9. The molecule has 2 nitrogen and oxygen atoms in total. The second kappa shape index (κ2) is 31.8. The summed E-state index contributed by atoms with van der Waals surface area (Å²) in [6.07, 6.45) is 51.4. The van der Waals surface area contributed by atoms with Gasteiger partial charge in [-0.2, -0.15) is 0 Å². The summed E-state index contributed by atoms with van der Waals surface area (Å²) in [6, 6.07) is 0. The minimum Gasteiger partial charge on any atom is -0.356 e. The Hall–Kier alpha value is -0.660. The van der Waals surface area contributed by atoms with Crippen molar-refractivity contribution < 1.29 is 0 Å². The van der Waals surface area contributed by atoms with E-state index >= 15 is 0 Å². The van der Waals surface area contributed by atoms with Crippen molar-refractivity contribution in [2.24, 2.45) is 0 Å². The van der Waals surface area contributed by atoms with E-state index in [1.54, 1.807) is 0 Å². The molecule has 0 aliphatic carbocycles. The van der Waals surface area contributed by atoms with Crippen molar-refractivity contribution in [2.45, 2.75) is 232 Å². The van der Waals surface area contributed by atoms with E-state index in [0.717, 1.165) is 0 Å². The molecule has 42 heavy (non-hydrogen) atoms. The number of unbranched alkanes of at least 4 members (excludes halogenated alkanes) is 28. The summed E-state index contributed by atoms with van der Waals surface area (Å²) in [5.41, 5.74) is 0. The minimum atomic E-state index is 0.640. The van der Waals surface area contributed by atoms with Crippen molar-refractivity contribution in [2.75, 3.05) is 13.1 Å². The topological polar surface area (TPSA) is 6.48 Å². The Labute approximate surface area is 267 Å². The molecule has 250 valence electrons. The van der Waals surface area contributed by atoms with Gasteiger partial charge in [0.1, 0.15) is 6.17 Å². The fraction of sp³-hybridized carbons (Fsp3) is 0.950. The molecule has 0 aromatic rings. The first-order valence-electron chi connectivity index (χ1n) is 20.0. The van der Waals surface area contributed by atoms with E-state index < -0.39 is 0 Å². The van der Waals surface area contributed by atoms with Gasteiger partial charge in [-0.15, -0.1) is 0 Å². The molecule has 1 atom stereocenters. The van der Waals surface area contributed by atoms with Gasteiger partial charge in [-0.1, -0.05) is 201 Å². The molecular formula is C40H80N2. The molecule has 0 spiro atoms. The zero-order valence-electron chi connectivity index (χ0n) is 29.7. The predicted molar refractivity (Wildman–Crippen MR) is 191 cm³/mol. The van der Waals surface area contributed by atoms with Gasteiger partial charge in [0.25, 0.3) is 0 Å². The van der Waals surface area contributed by atoms with Crippen LogP contribution < -0.4 is 0 Å². The first-order chi connectivity index (χ1) is 20.8. The highest BCUT2D eigenvalue weighted by Gasteiger charge is 2.24. The third-order valence-corrected chi connectivity index (χ3v) is 9.82. The highest BCUT2D eigenvalue weighted by atomic mass is 15.4. The Balaban J connectivity index is 2.23. The van der Waals surface area contributed by atoms with Gasteiger partial charge in [0, 0.05) is 25.5 Å². The van der Waals surface area contributed by atoms with Crippen LogP contribution in [0.5, 0.6) is 0 Å². The average Bonchev–Trinajstić information content (AvgIpc) is 3.38. The van der Waals surface area contributed by atoms with Crippen LogP contribution in [-0.2, 0) is 0 Å². The van der Waals surface area contributed by atoms with Crippen LogP contribution in [0.15, 0.2) is 12.4 Å². The maximum Gasteiger partial charge on any atom is 0.101 e. The molecule has 2 heteroatoms. The maximum atomic E-state index is 2.72. The zero-order chi connectivity index (χ0) is 30.2. The van der Waals surface area contributed by atoms with E-state index in [9.17, 15) is 0 Å². The monoisotopic (exact) mass is 589 g/mol. The van der Waals surface area contributed by atoms with Gasteiger partial charge < -0.3 is 9.80 Å². The van der Waals surface area contributed by atoms with E-state index in [-0.39, 0.29) is 0 Å². The van der Waals surface area contributed by atoms with Gasteiger partial charge in [0.05, 0.1) is 0 Å². The summed E-state index contributed by atoms with van der Waals surface area (Å²) in [6.45, 7) is 9.48. The molecule has 1 aliphatic heterocycles. The van der Waals surface area contributed by atoms with E-state index in [4.69, 9.17) is 0 Å². The lowest BCUT2D eigenvalue weighted by molar-refractivity contribution is 0.135. The van der Waals surface area contributed by atoms with Gasteiger partial charge in [0.15, 0.2) is 0 Å². The third kappa shape index (κ3) is 23.8. The molecule has 0 bridgehead atoms. The molecule has 0 saturated heterocycles. The van der Waals surface area contributed by atoms with Crippen LogP contribution in [0, 0.1) is 0 Å². The number of hydrogen-bond donors (Lipinski definition) is 0. The molecule has 0 fully saturated rings. The van der Waals surface area contributed by atoms with E-state index in [0.29, 0.717) is 6.17 Å². The van der Waals surface area contributed by atoms with E-state index in [2.05, 4.69) is 43.0 Å². The Morgan fingerprint density at radius 2 is 0.548 bits per heavy atom. The Morgan fingerprint density at radius 1 is 0.310 bits per heavy atom. The normalized spacial score (nSPS) is 15.0. The molecule has 1 heterocycles. The second-order valence-electron chi connectivity index (χ2n) is 13.9. The molecule has 1 rings (SSSR count). The number of nitrogens with zero attached hydrogens (tertiary/aromatic N) is 2. The smallest absolute Gasteiger partial charge is 0.101 e. The number of rotatable bonds is 34. The van der Waals surface area contributed by atoms with Crippen molar-refractivity contribution >= 4 is 0 Å². The highest BCUT2D eigenvalue weighted by Crippen LogP contribution is 2.24. The van der Waals surface area contributed by atoms with Crippen molar-refractivity contribution in [1.29, 1.82) is 0 Å². The average molecular weight is 589 g/mol. The standard InChI is InChI=1S/C40H80N2/c1-4-7-10-13-16-19-21-22-23-26-29-32-35-40-41(36-33-30-27-24-18-15-12-9-6-3)38-39-42(40)37-34-31-28-25-20-17-14-11-8-5-2/h38-40H,4-37H2,1-3H3. The lowest BCUT2D eigenvalue weighted by Gasteiger charge is -2.33. The summed E-state index contributed by atoms with van der Waals surface area (Å²) < 4.78 is 0. The molecule has 1 unspecified atom stereocenters. The van der Waals surface area contributed by atoms with Gasteiger partial charge in [0.2, 0.25) is 0 Å². The van der Waals surface area contributed by atoms with Crippen LogP contribution in [0.3, 0.4) is 0 Å². The maximum absolute atomic E-state index is 2.72. The van der Waals surface area contributed by atoms with Crippen LogP contribution in [0.2, 0.25) is 0 Å². The Morgan fingerprint density at radius 3 is 0.833 bits per heavy atom. The highest BCUT2D eigenvalue weighted by molar-refractivity contribution is 4.97. The first-order valence-corrected chi connectivity index (χ1v) is 20.0. The molecule has 0 saturated carbocycles. The fourth-order valence-corrected chi connectivity index (χ4v) is 6.89. The van der Waals surface area contributed by atoms with Crippen molar-refractivity contribution in [1.82, 2.24) is 9.80 Å². The zero-order valence-corrected chi connectivity index (χ0v) is 29.7. The van der Waals surface area contributed by atoms with Crippen LogP contribution in [-0.4, -0.2) is 29.1 Å². The summed E-state index contributed by atoms with van der Waals surface area (Å²) in [5, 5.41) is 0. The summed E-state index contributed by atoms with van der Waals surface area (Å²) in [5.74, 6) is 0. The lowest BCUT2D eigenvalue weighted by Crippen LogP contribution is -2.39. The van der Waals surface area contributed by atoms with Crippen molar-refractivity contribution in [3.05, 3.63) is 12.4 Å². The largest absolute Gasteiger partial charge is 0.356 e. The number of hydrogen-bond acceptors (Lipinski definition) is 2. The van der Waals surface area contributed by atoms with Crippen LogP contribution in [0.4, 0.5) is 0 Å². The van der Waals surface area contributed by atoms with Crippen molar-refractivity contribution in [3.63, 3.8) is 0 Å². The summed E-state index contributed by atoms with van der Waals surface area (Å²) in [4.78, 5) is 5.44. The molecule has 0 radical (unpaired) electrons. The molecule has 0 aromatic carbocycles. The molecule has 0 aromatic heterocycles. The van der Waals surface area contributed by atoms with Gasteiger partial charge in [-0.05, 0) is 25.7 Å². The molecule has 0 N–H and O–H groups in total. The minimum absolute atomic E-state index is 0.640. The van der Waals surface area contributed by atoms with Crippen LogP contribution >= 0.6 is 0 Å². The first kappa shape index (κ1) is 39.4. The predicted octanol–water partition coefficient (Wildman–Crippen LogP) is 13.9. The SMILES string of the molecule is CCCCCCCCCCCCCCC1N(CCCCCCCCCCC)C=CN1CCCCCCCCCCCC. The Kier molecular flexibility index (Phi) is 29.8. The summed E-state index contributed by atoms with van der Waals surface area (Å²) in [7, 11) is 0. The van der Waals surface area contributed by atoms with Crippen LogP contribution in [0.25, 0.3) is 0 Å². The van der Waals surface area contributed by atoms with Gasteiger partial charge in [-0.3, -0.25) is 0 Å². The third-order valence-electron chi connectivity index (χ3n) is 9.82. The molecular weight excluding hydrogens is 508 g/mol. The van der Waals surface area contributed by atoms with Crippen LogP contribution in [0.1, 0.15) is 226 Å². The van der Waals surface area contributed by atoms with Crippen molar-refractivity contribution in [3.8, 4) is 0 Å².